The number of amides is 1. The van der Waals surface area contributed by atoms with E-state index in [-0.39, 0.29) is 5.91 Å². The Kier molecular flexibility index (Phi) is 4.38. The number of amidine groups is 1. The van der Waals surface area contributed by atoms with Gasteiger partial charge in [-0.2, -0.15) is 0 Å². The summed E-state index contributed by atoms with van der Waals surface area (Å²) in [5.41, 5.74) is 3.20. The fourth-order valence-corrected chi connectivity index (χ4v) is 1.95. The number of carbonyl (C=O) groups excluding carboxylic acids is 1. The van der Waals surface area contributed by atoms with Gasteiger partial charge in [0.05, 0.1) is 0 Å². The van der Waals surface area contributed by atoms with Gasteiger partial charge in [0.25, 0.3) is 5.91 Å². The largest absolute Gasteiger partial charge is 0.363 e. The lowest BCUT2D eigenvalue weighted by Gasteiger charge is -2.14. The van der Waals surface area contributed by atoms with E-state index < -0.39 is 0 Å². The number of aryl methyl sites for hydroxylation is 1. The number of carbonyl (C=O) groups is 1. The first-order chi connectivity index (χ1) is 9.99. The van der Waals surface area contributed by atoms with Gasteiger partial charge >= 0.3 is 0 Å². The zero-order valence-corrected chi connectivity index (χ0v) is 12.5. The molecule has 0 aromatic heterocycles. The molecule has 0 unspecified atom stereocenters. The lowest BCUT2D eigenvalue weighted by Crippen LogP contribution is -2.21. The van der Waals surface area contributed by atoms with Crippen LogP contribution in [0, 0.1) is 12.3 Å². The van der Waals surface area contributed by atoms with Crippen molar-refractivity contribution >= 4 is 17.4 Å². The maximum Gasteiger partial charge on any atom is 0.255 e. The summed E-state index contributed by atoms with van der Waals surface area (Å²) >= 11 is 0. The Hall–Kier alpha value is -2.62. The van der Waals surface area contributed by atoms with Crippen LogP contribution in [-0.2, 0) is 0 Å². The molecule has 0 atom stereocenters. The van der Waals surface area contributed by atoms with E-state index in [2.05, 4.69) is 5.32 Å². The van der Waals surface area contributed by atoms with Crippen LogP contribution in [0.2, 0.25) is 0 Å². The number of para-hydroxylation sites is 1. The quantitative estimate of drug-likeness (QED) is 0.671. The van der Waals surface area contributed by atoms with Gasteiger partial charge in [-0.1, -0.05) is 30.3 Å². The molecule has 2 aromatic carbocycles. The molecule has 2 N–H and O–H groups in total. The lowest BCUT2D eigenvalue weighted by atomic mass is 10.1. The maximum absolute atomic E-state index is 12.2. The highest BCUT2D eigenvalue weighted by Gasteiger charge is 2.09. The van der Waals surface area contributed by atoms with Crippen LogP contribution in [0.4, 0.5) is 5.69 Å². The van der Waals surface area contributed by atoms with E-state index in [0.29, 0.717) is 11.4 Å². The minimum absolute atomic E-state index is 0.146. The van der Waals surface area contributed by atoms with Gasteiger partial charge in [0.2, 0.25) is 0 Å². The molecule has 0 aliphatic heterocycles. The highest BCUT2D eigenvalue weighted by Crippen LogP contribution is 2.15. The second-order valence-corrected chi connectivity index (χ2v) is 5.09. The van der Waals surface area contributed by atoms with Crippen molar-refractivity contribution in [2.75, 3.05) is 19.4 Å². The van der Waals surface area contributed by atoms with Crippen LogP contribution in [0.1, 0.15) is 21.5 Å². The normalized spacial score (nSPS) is 10.0. The Morgan fingerprint density at radius 3 is 2.14 bits per heavy atom. The average molecular weight is 281 g/mol. The zero-order chi connectivity index (χ0) is 15.4. The van der Waals surface area contributed by atoms with Crippen molar-refractivity contribution in [2.24, 2.45) is 0 Å². The monoisotopic (exact) mass is 281 g/mol. The number of nitrogens with zero attached hydrogens (tertiary/aromatic N) is 1. The molecule has 0 aliphatic carbocycles. The van der Waals surface area contributed by atoms with E-state index in [9.17, 15) is 4.79 Å². The van der Waals surface area contributed by atoms with Gasteiger partial charge in [0.1, 0.15) is 5.84 Å². The summed E-state index contributed by atoms with van der Waals surface area (Å²) in [4.78, 5) is 13.9. The Morgan fingerprint density at radius 1 is 1.00 bits per heavy atom. The van der Waals surface area contributed by atoms with Crippen LogP contribution in [0.5, 0.6) is 0 Å². The Balaban J connectivity index is 2.14. The predicted octanol–water partition coefficient (Wildman–Crippen LogP) is 3.13. The van der Waals surface area contributed by atoms with Gasteiger partial charge < -0.3 is 10.2 Å². The summed E-state index contributed by atoms with van der Waals surface area (Å²) in [6.45, 7) is 1.96. The summed E-state index contributed by atoms with van der Waals surface area (Å²) in [6.07, 6.45) is 0. The molecule has 4 heteroatoms. The first-order valence-corrected chi connectivity index (χ1v) is 6.72. The molecule has 0 radical (unpaired) electrons. The van der Waals surface area contributed by atoms with Gasteiger partial charge in [-0.25, -0.2) is 0 Å². The Morgan fingerprint density at radius 2 is 1.57 bits per heavy atom. The number of hydrogen-bond acceptors (Lipinski definition) is 2. The van der Waals surface area contributed by atoms with Crippen molar-refractivity contribution in [1.29, 1.82) is 5.41 Å². The van der Waals surface area contributed by atoms with Crippen molar-refractivity contribution in [1.82, 2.24) is 4.90 Å². The third-order valence-corrected chi connectivity index (χ3v) is 3.26. The molecule has 0 fully saturated rings. The fourth-order valence-electron chi connectivity index (χ4n) is 1.95. The van der Waals surface area contributed by atoms with Crippen LogP contribution in [-0.4, -0.2) is 30.7 Å². The molecule has 108 valence electrons. The van der Waals surface area contributed by atoms with Crippen LogP contribution in [0.3, 0.4) is 0 Å². The zero-order valence-electron chi connectivity index (χ0n) is 12.5. The highest BCUT2D eigenvalue weighted by molar-refractivity contribution is 6.05. The number of hydrogen-bond donors (Lipinski definition) is 2. The molecule has 4 nitrogen and oxygen atoms in total. The van der Waals surface area contributed by atoms with Crippen molar-refractivity contribution in [3.8, 4) is 0 Å². The second kappa shape index (κ2) is 6.22. The minimum Gasteiger partial charge on any atom is -0.363 e. The van der Waals surface area contributed by atoms with Crippen molar-refractivity contribution in [2.45, 2.75) is 6.92 Å². The Bertz CT molecular complexity index is 660. The minimum atomic E-state index is -0.146. The first kappa shape index (κ1) is 14.8. The van der Waals surface area contributed by atoms with Gasteiger partial charge in [0.15, 0.2) is 0 Å². The number of rotatable bonds is 3. The summed E-state index contributed by atoms with van der Waals surface area (Å²) in [6, 6.07) is 14.7. The topological polar surface area (TPSA) is 56.2 Å². The van der Waals surface area contributed by atoms with Crippen molar-refractivity contribution in [3.63, 3.8) is 0 Å². The smallest absolute Gasteiger partial charge is 0.255 e. The molecule has 0 saturated carbocycles. The maximum atomic E-state index is 12.2. The molecule has 0 spiro atoms. The Labute approximate surface area is 124 Å². The number of benzene rings is 2. The van der Waals surface area contributed by atoms with Crippen LogP contribution in [0.15, 0.2) is 48.5 Å². The van der Waals surface area contributed by atoms with Crippen LogP contribution >= 0.6 is 0 Å². The first-order valence-electron chi connectivity index (χ1n) is 6.72. The van der Waals surface area contributed by atoms with E-state index in [4.69, 9.17) is 5.41 Å². The summed E-state index contributed by atoms with van der Waals surface area (Å²) < 4.78 is 0. The molecule has 2 rings (SSSR count). The summed E-state index contributed by atoms with van der Waals surface area (Å²) in [5, 5.41) is 10.8. The highest BCUT2D eigenvalue weighted by atomic mass is 16.1. The molecule has 0 bridgehead atoms. The van der Waals surface area contributed by atoms with Gasteiger partial charge in [-0.15, -0.1) is 0 Å². The standard InChI is InChI=1S/C17H19N3O/c1-12-6-4-5-7-15(12)19-17(21)14-10-8-13(9-11-14)16(18)20(2)3/h4-11,18H,1-3H3,(H,19,21). The molecule has 0 heterocycles. The van der Waals surface area contributed by atoms with E-state index in [1.165, 1.54) is 0 Å². The summed E-state index contributed by atoms with van der Waals surface area (Å²) in [7, 11) is 3.64. The third-order valence-electron chi connectivity index (χ3n) is 3.26. The second-order valence-electron chi connectivity index (χ2n) is 5.09. The van der Waals surface area contributed by atoms with Crippen LogP contribution < -0.4 is 5.32 Å². The molecular weight excluding hydrogens is 262 g/mol. The fraction of sp³-hybridized carbons (Fsp3) is 0.176. The molecule has 1 amide bonds. The van der Waals surface area contributed by atoms with E-state index in [1.54, 1.807) is 29.2 Å². The summed E-state index contributed by atoms with van der Waals surface area (Å²) in [5.74, 6) is 0.271. The van der Waals surface area contributed by atoms with Gasteiger partial charge in [-0.3, -0.25) is 10.2 Å². The van der Waals surface area contributed by atoms with Crippen molar-refractivity contribution < 1.29 is 4.79 Å². The predicted molar refractivity (Wildman–Crippen MR) is 86.1 cm³/mol. The van der Waals surface area contributed by atoms with Gasteiger partial charge in [0, 0.05) is 30.9 Å². The third kappa shape index (κ3) is 3.48. The molecule has 0 saturated heterocycles. The number of anilines is 1. The lowest BCUT2D eigenvalue weighted by molar-refractivity contribution is 0.102. The average Bonchev–Trinajstić information content (AvgIpc) is 2.49. The van der Waals surface area contributed by atoms with Gasteiger partial charge in [-0.05, 0) is 30.7 Å². The van der Waals surface area contributed by atoms with E-state index in [0.717, 1.165) is 16.8 Å². The number of nitrogens with one attached hydrogen (secondary N) is 2. The van der Waals surface area contributed by atoms with E-state index >= 15 is 0 Å². The molecular formula is C17H19N3O. The molecule has 21 heavy (non-hydrogen) atoms. The van der Waals surface area contributed by atoms with Crippen molar-refractivity contribution in [3.05, 3.63) is 65.2 Å². The SMILES string of the molecule is Cc1ccccc1NC(=O)c1ccc(C(=N)N(C)C)cc1. The van der Waals surface area contributed by atoms with Crippen LogP contribution in [0.25, 0.3) is 0 Å². The molecule has 2 aromatic rings. The van der Waals surface area contributed by atoms with E-state index in [1.807, 2.05) is 45.3 Å². The molecule has 0 aliphatic rings.